The number of carbonyl (C=O) groups is 1. The second-order valence-electron chi connectivity index (χ2n) is 7.17. The highest BCUT2D eigenvalue weighted by Gasteiger charge is 2.27. The molecule has 1 amide bonds. The molecule has 32 heavy (non-hydrogen) atoms. The summed E-state index contributed by atoms with van der Waals surface area (Å²) >= 11 is 5.80. The number of benzene rings is 3. The molecular formula is C23H17ClN2O5S. The van der Waals surface area contributed by atoms with Crippen LogP contribution in [-0.4, -0.2) is 24.4 Å². The summed E-state index contributed by atoms with van der Waals surface area (Å²) in [6.45, 7) is 1.93. The smallest absolute Gasteiger partial charge is 0.271 e. The summed E-state index contributed by atoms with van der Waals surface area (Å²) in [6.07, 6.45) is 0. The van der Waals surface area contributed by atoms with Crippen LogP contribution >= 0.6 is 11.6 Å². The van der Waals surface area contributed by atoms with Crippen molar-refractivity contribution in [3.8, 4) is 5.75 Å². The minimum absolute atomic E-state index is 0.0871. The highest BCUT2D eigenvalue weighted by Crippen LogP contribution is 2.32. The van der Waals surface area contributed by atoms with Gasteiger partial charge in [-0.15, -0.1) is 0 Å². The van der Waals surface area contributed by atoms with Crippen molar-refractivity contribution in [2.75, 3.05) is 5.32 Å². The molecule has 3 aromatic carbocycles. The van der Waals surface area contributed by atoms with Gasteiger partial charge in [0.2, 0.25) is 9.84 Å². The number of aromatic hydroxyl groups is 1. The summed E-state index contributed by atoms with van der Waals surface area (Å²) < 4.78 is 25.9. The maximum Gasteiger partial charge on any atom is 0.271 e. The average Bonchev–Trinajstić information content (AvgIpc) is 2.75. The lowest BCUT2D eigenvalue weighted by Gasteiger charge is -2.10. The van der Waals surface area contributed by atoms with Crippen molar-refractivity contribution in [2.24, 2.45) is 0 Å². The summed E-state index contributed by atoms with van der Waals surface area (Å²) in [5, 5.41) is 13.8. The molecule has 162 valence electrons. The quantitative estimate of drug-likeness (QED) is 0.413. The number of pyridine rings is 1. The Labute approximate surface area is 188 Å². The maximum atomic E-state index is 12.9. The van der Waals surface area contributed by atoms with Crippen molar-refractivity contribution in [3.63, 3.8) is 0 Å². The molecule has 0 spiro atoms. The summed E-state index contributed by atoms with van der Waals surface area (Å²) in [5.41, 5.74) is 0.995. The molecule has 0 aliphatic heterocycles. The number of aryl methyl sites for hydroxylation is 1. The van der Waals surface area contributed by atoms with E-state index in [1.165, 1.54) is 42.5 Å². The van der Waals surface area contributed by atoms with Crippen molar-refractivity contribution < 1.29 is 18.3 Å². The standard InChI is InChI=1S/C23H17ClN2O5S/c1-13-2-7-16(8-3-13)25-22(28)14-4-11-18-19(12-14)26-23(29)21(20(18)27)32(30,31)17-9-5-15(24)6-10-17/h2-12H,1H3,(H,25,28)(H2,26,27,29). The van der Waals surface area contributed by atoms with Crippen LogP contribution in [0.5, 0.6) is 5.75 Å². The Hall–Kier alpha value is -3.62. The van der Waals surface area contributed by atoms with Crippen molar-refractivity contribution in [3.05, 3.63) is 93.2 Å². The van der Waals surface area contributed by atoms with Gasteiger partial charge >= 0.3 is 0 Å². The van der Waals surface area contributed by atoms with E-state index in [2.05, 4.69) is 10.3 Å². The van der Waals surface area contributed by atoms with E-state index in [0.29, 0.717) is 10.7 Å². The number of sulfone groups is 1. The monoisotopic (exact) mass is 468 g/mol. The number of aromatic amines is 1. The van der Waals surface area contributed by atoms with Gasteiger partial charge in [-0.05, 0) is 61.5 Å². The van der Waals surface area contributed by atoms with Gasteiger partial charge in [0, 0.05) is 21.7 Å². The fourth-order valence-corrected chi connectivity index (χ4v) is 4.74. The van der Waals surface area contributed by atoms with E-state index in [9.17, 15) is 23.1 Å². The van der Waals surface area contributed by atoms with Crippen LogP contribution in [0.15, 0.2) is 81.3 Å². The number of hydrogen-bond donors (Lipinski definition) is 3. The number of rotatable bonds is 4. The van der Waals surface area contributed by atoms with Gasteiger partial charge in [0.05, 0.1) is 10.4 Å². The second kappa shape index (κ2) is 8.14. The highest BCUT2D eigenvalue weighted by molar-refractivity contribution is 7.91. The molecule has 0 atom stereocenters. The van der Waals surface area contributed by atoms with Crippen LogP contribution in [-0.2, 0) is 9.84 Å². The molecule has 1 heterocycles. The number of aromatic nitrogens is 1. The number of hydrogen-bond acceptors (Lipinski definition) is 5. The molecule has 0 fully saturated rings. The van der Waals surface area contributed by atoms with Gasteiger partial charge in [0.25, 0.3) is 11.5 Å². The first-order valence-electron chi connectivity index (χ1n) is 9.44. The van der Waals surface area contributed by atoms with Crippen molar-refractivity contribution >= 4 is 43.9 Å². The van der Waals surface area contributed by atoms with Gasteiger partial charge in [-0.1, -0.05) is 29.3 Å². The lowest BCUT2D eigenvalue weighted by atomic mass is 10.1. The second-order valence-corrected chi connectivity index (χ2v) is 9.49. The molecule has 7 nitrogen and oxygen atoms in total. The van der Waals surface area contributed by atoms with Crippen molar-refractivity contribution in [2.45, 2.75) is 16.7 Å². The van der Waals surface area contributed by atoms with Crippen LogP contribution in [0.1, 0.15) is 15.9 Å². The van der Waals surface area contributed by atoms with Gasteiger partial charge < -0.3 is 15.4 Å². The molecule has 3 N–H and O–H groups in total. The van der Waals surface area contributed by atoms with E-state index >= 15 is 0 Å². The third kappa shape index (κ3) is 3.98. The van der Waals surface area contributed by atoms with E-state index < -0.39 is 31.9 Å². The van der Waals surface area contributed by atoms with Gasteiger partial charge in [-0.3, -0.25) is 9.59 Å². The number of halogens is 1. The third-order valence-electron chi connectivity index (χ3n) is 4.91. The number of carbonyl (C=O) groups excluding carboxylic acids is 1. The van der Waals surface area contributed by atoms with Crippen LogP contribution in [0.4, 0.5) is 5.69 Å². The molecule has 0 aliphatic rings. The first-order valence-corrected chi connectivity index (χ1v) is 11.3. The van der Waals surface area contributed by atoms with Crippen LogP contribution < -0.4 is 10.9 Å². The van der Waals surface area contributed by atoms with E-state index in [-0.39, 0.29) is 21.4 Å². The Morgan fingerprint density at radius 2 is 1.66 bits per heavy atom. The Kier molecular flexibility index (Phi) is 5.50. The summed E-state index contributed by atoms with van der Waals surface area (Å²) in [6, 6.07) is 16.7. The van der Waals surface area contributed by atoms with Crippen molar-refractivity contribution in [1.82, 2.24) is 4.98 Å². The number of anilines is 1. The molecule has 9 heteroatoms. The molecule has 0 bridgehead atoms. The minimum Gasteiger partial charge on any atom is -0.506 e. The Balaban J connectivity index is 1.75. The molecule has 4 aromatic rings. The van der Waals surface area contributed by atoms with Crippen LogP contribution in [0.2, 0.25) is 5.02 Å². The Bertz CT molecular complexity index is 1510. The topological polar surface area (TPSA) is 116 Å². The predicted octanol–water partition coefficient (Wildman–Crippen LogP) is 4.28. The Morgan fingerprint density at radius 1 is 1.00 bits per heavy atom. The normalized spacial score (nSPS) is 11.4. The fraction of sp³-hybridized carbons (Fsp3) is 0.0435. The van der Waals surface area contributed by atoms with E-state index in [1.54, 1.807) is 12.1 Å². The maximum absolute atomic E-state index is 12.9. The minimum atomic E-state index is -4.31. The lowest BCUT2D eigenvalue weighted by Crippen LogP contribution is -2.18. The number of fused-ring (bicyclic) bond motifs is 1. The zero-order valence-electron chi connectivity index (χ0n) is 16.7. The number of H-pyrrole nitrogens is 1. The molecule has 0 saturated carbocycles. The van der Waals surface area contributed by atoms with E-state index in [4.69, 9.17) is 11.6 Å². The van der Waals surface area contributed by atoms with Gasteiger partial charge in [-0.2, -0.15) is 0 Å². The van der Waals surface area contributed by atoms with E-state index in [0.717, 1.165) is 5.56 Å². The molecule has 0 aliphatic carbocycles. The largest absolute Gasteiger partial charge is 0.506 e. The fourth-order valence-electron chi connectivity index (χ4n) is 3.23. The summed E-state index contributed by atoms with van der Waals surface area (Å²) in [7, 11) is -4.31. The summed E-state index contributed by atoms with van der Waals surface area (Å²) in [5.74, 6) is -1.11. The first-order chi connectivity index (χ1) is 15.2. The molecule has 0 saturated heterocycles. The van der Waals surface area contributed by atoms with Crippen LogP contribution in [0.3, 0.4) is 0 Å². The summed E-state index contributed by atoms with van der Waals surface area (Å²) in [4.78, 5) is 26.7. The van der Waals surface area contributed by atoms with Crippen LogP contribution in [0.25, 0.3) is 10.9 Å². The number of nitrogens with one attached hydrogen (secondary N) is 2. The third-order valence-corrected chi connectivity index (χ3v) is 6.97. The van der Waals surface area contributed by atoms with Gasteiger partial charge in [0.1, 0.15) is 5.75 Å². The SMILES string of the molecule is Cc1ccc(NC(=O)c2ccc3c(O)c(S(=O)(=O)c4ccc(Cl)cc4)c(=O)[nH]c3c2)cc1. The molecule has 1 aromatic heterocycles. The number of amides is 1. The highest BCUT2D eigenvalue weighted by atomic mass is 35.5. The molecular weight excluding hydrogens is 452 g/mol. The zero-order chi connectivity index (χ0) is 23.0. The van der Waals surface area contributed by atoms with Crippen LogP contribution in [0, 0.1) is 6.92 Å². The van der Waals surface area contributed by atoms with E-state index in [1.807, 2.05) is 19.1 Å². The first kappa shape index (κ1) is 21.6. The molecule has 0 unspecified atom stereocenters. The van der Waals surface area contributed by atoms with Gasteiger partial charge in [0.15, 0.2) is 4.90 Å². The molecule has 0 radical (unpaired) electrons. The Morgan fingerprint density at radius 3 is 2.31 bits per heavy atom. The van der Waals surface area contributed by atoms with Crippen molar-refractivity contribution in [1.29, 1.82) is 0 Å². The van der Waals surface area contributed by atoms with Gasteiger partial charge in [-0.25, -0.2) is 8.42 Å². The average molecular weight is 469 g/mol. The predicted molar refractivity (Wildman–Crippen MR) is 122 cm³/mol. The molecule has 4 rings (SSSR count). The zero-order valence-corrected chi connectivity index (χ0v) is 18.3. The lowest BCUT2D eigenvalue weighted by molar-refractivity contribution is 0.102.